The predicted octanol–water partition coefficient (Wildman–Crippen LogP) is 3.58. The van der Waals surface area contributed by atoms with Crippen LogP contribution in [0.1, 0.15) is 23.6 Å². The van der Waals surface area contributed by atoms with Gasteiger partial charge < -0.3 is 14.2 Å². The Balaban J connectivity index is 1.97. The minimum Gasteiger partial charge on any atom is -0.493 e. The van der Waals surface area contributed by atoms with Crippen molar-refractivity contribution < 1.29 is 19.0 Å². The first-order chi connectivity index (χ1) is 12.2. The maximum atomic E-state index is 12.2. The first-order valence-corrected chi connectivity index (χ1v) is 8.04. The molecule has 0 N–H and O–H groups in total. The quantitative estimate of drug-likeness (QED) is 0.597. The Labute approximate surface area is 146 Å². The summed E-state index contributed by atoms with van der Waals surface area (Å²) in [5.74, 6) is 0.521. The molecule has 0 radical (unpaired) electrons. The predicted molar refractivity (Wildman–Crippen MR) is 95.4 cm³/mol. The van der Waals surface area contributed by atoms with Gasteiger partial charge in [0.25, 0.3) is 0 Å². The number of esters is 1. The van der Waals surface area contributed by atoms with Crippen LogP contribution >= 0.6 is 0 Å². The lowest BCUT2D eigenvalue weighted by atomic mass is 10.1. The number of hydrogen-bond acceptors (Lipinski definition) is 5. The van der Waals surface area contributed by atoms with Crippen LogP contribution in [0.4, 0.5) is 0 Å². The van der Waals surface area contributed by atoms with Crippen LogP contribution < -0.4 is 4.74 Å². The lowest BCUT2D eigenvalue weighted by Crippen LogP contribution is -2.05. The molecule has 3 rings (SSSR count). The van der Waals surface area contributed by atoms with E-state index in [-0.39, 0.29) is 5.70 Å². The number of hydrogen-bond donors (Lipinski definition) is 0. The highest BCUT2D eigenvalue weighted by atomic mass is 16.6. The minimum absolute atomic E-state index is 0.245. The standard InChI is InChI=1S/C20H19NO4/c1-3-24-18-10-9-14(13-23-2)11-16(18)12-17-20(22)25-19(21-17)15-7-5-4-6-8-15/h4-12H,3,13H2,1-2H3. The molecule has 0 saturated carbocycles. The summed E-state index contributed by atoms with van der Waals surface area (Å²) in [6, 6.07) is 15.1. The van der Waals surface area contributed by atoms with E-state index in [2.05, 4.69) is 4.99 Å². The van der Waals surface area contributed by atoms with Crippen molar-refractivity contribution >= 4 is 17.9 Å². The van der Waals surface area contributed by atoms with Gasteiger partial charge in [-0.15, -0.1) is 0 Å². The Morgan fingerprint density at radius 3 is 2.68 bits per heavy atom. The van der Waals surface area contributed by atoms with Crippen LogP contribution in [0.2, 0.25) is 0 Å². The molecule has 0 atom stereocenters. The van der Waals surface area contributed by atoms with Crippen molar-refractivity contribution in [1.29, 1.82) is 0 Å². The molecule has 1 aliphatic rings. The summed E-state index contributed by atoms with van der Waals surface area (Å²) in [5, 5.41) is 0. The summed E-state index contributed by atoms with van der Waals surface area (Å²) >= 11 is 0. The monoisotopic (exact) mass is 337 g/mol. The lowest BCUT2D eigenvalue weighted by Gasteiger charge is -2.09. The van der Waals surface area contributed by atoms with E-state index in [1.165, 1.54) is 0 Å². The molecular weight excluding hydrogens is 318 g/mol. The number of carbonyl (C=O) groups is 1. The third-order valence-electron chi connectivity index (χ3n) is 3.62. The van der Waals surface area contributed by atoms with Gasteiger partial charge in [-0.1, -0.05) is 24.3 Å². The average Bonchev–Trinajstić information content (AvgIpc) is 2.99. The molecule has 1 aliphatic heterocycles. The second kappa shape index (κ2) is 7.77. The van der Waals surface area contributed by atoms with Crippen LogP contribution in [0.5, 0.6) is 5.75 Å². The van der Waals surface area contributed by atoms with Gasteiger partial charge in [-0.3, -0.25) is 0 Å². The van der Waals surface area contributed by atoms with Gasteiger partial charge in [0.05, 0.1) is 13.2 Å². The highest BCUT2D eigenvalue weighted by Gasteiger charge is 2.24. The highest BCUT2D eigenvalue weighted by molar-refractivity contribution is 6.12. The molecule has 0 amide bonds. The van der Waals surface area contributed by atoms with E-state index in [9.17, 15) is 4.79 Å². The van der Waals surface area contributed by atoms with Crippen molar-refractivity contribution in [3.05, 3.63) is 70.9 Å². The van der Waals surface area contributed by atoms with Gasteiger partial charge in [-0.25, -0.2) is 9.79 Å². The van der Waals surface area contributed by atoms with E-state index in [0.29, 0.717) is 24.9 Å². The van der Waals surface area contributed by atoms with Gasteiger partial charge in [0.2, 0.25) is 5.90 Å². The SMILES string of the molecule is CCOc1ccc(COC)cc1C=C1N=C(c2ccccc2)OC1=O. The number of carbonyl (C=O) groups excluding carboxylic acids is 1. The lowest BCUT2D eigenvalue weighted by molar-refractivity contribution is -0.129. The molecule has 128 valence electrons. The van der Waals surface area contributed by atoms with E-state index in [1.54, 1.807) is 13.2 Å². The normalized spacial score (nSPS) is 15.2. The Morgan fingerprint density at radius 2 is 1.96 bits per heavy atom. The topological polar surface area (TPSA) is 57.1 Å². The van der Waals surface area contributed by atoms with Gasteiger partial charge in [0.1, 0.15) is 5.75 Å². The molecule has 0 unspecified atom stereocenters. The maximum absolute atomic E-state index is 12.2. The fourth-order valence-electron chi connectivity index (χ4n) is 2.51. The molecule has 0 saturated heterocycles. The van der Waals surface area contributed by atoms with E-state index in [0.717, 1.165) is 16.7 Å². The van der Waals surface area contributed by atoms with E-state index in [1.807, 2.05) is 55.5 Å². The Hall–Kier alpha value is -2.92. The fourth-order valence-corrected chi connectivity index (χ4v) is 2.51. The first-order valence-electron chi connectivity index (χ1n) is 8.04. The number of benzene rings is 2. The smallest absolute Gasteiger partial charge is 0.363 e. The van der Waals surface area contributed by atoms with E-state index >= 15 is 0 Å². The van der Waals surface area contributed by atoms with Gasteiger partial charge in [0.15, 0.2) is 5.70 Å². The number of cyclic esters (lactones) is 1. The van der Waals surface area contributed by atoms with Crippen molar-refractivity contribution in [2.24, 2.45) is 4.99 Å². The highest BCUT2D eigenvalue weighted by Crippen LogP contribution is 2.26. The van der Waals surface area contributed by atoms with Crippen molar-refractivity contribution in [1.82, 2.24) is 0 Å². The third kappa shape index (κ3) is 3.95. The zero-order valence-electron chi connectivity index (χ0n) is 14.2. The van der Waals surface area contributed by atoms with Crippen molar-refractivity contribution in [3.8, 4) is 5.75 Å². The van der Waals surface area contributed by atoms with Gasteiger partial charge in [-0.05, 0) is 42.8 Å². The minimum atomic E-state index is -0.474. The summed E-state index contributed by atoms with van der Waals surface area (Å²) < 4.78 is 16.1. The number of rotatable bonds is 6. The van der Waals surface area contributed by atoms with Crippen LogP contribution in [-0.4, -0.2) is 25.6 Å². The summed E-state index contributed by atoms with van der Waals surface area (Å²) in [4.78, 5) is 16.5. The Bertz CT molecular complexity index is 825. The summed E-state index contributed by atoms with van der Waals surface area (Å²) in [6.45, 7) is 2.92. The van der Waals surface area contributed by atoms with E-state index in [4.69, 9.17) is 14.2 Å². The Kier molecular flexibility index (Phi) is 5.26. The summed E-state index contributed by atoms with van der Waals surface area (Å²) in [6.07, 6.45) is 1.68. The molecule has 5 nitrogen and oxygen atoms in total. The zero-order valence-corrected chi connectivity index (χ0v) is 14.2. The molecule has 25 heavy (non-hydrogen) atoms. The largest absolute Gasteiger partial charge is 0.493 e. The van der Waals surface area contributed by atoms with Crippen LogP contribution in [0.15, 0.2) is 59.2 Å². The van der Waals surface area contributed by atoms with Gasteiger partial charge in [-0.2, -0.15) is 0 Å². The molecule has 5 heteroatoms. The maximum Gasteiger partial charge on any atom is 0.363 e. The fraction of sp³-hybridized carbons (Fsp3) is 0.200. The van der Waals surface area contributed by atoms with Crippen LogP contribution in [0, 0.1) is 0 Å². The number of methoxy groups -OCH3 is 1. The first kappa shape index (κ1) is 16.9. The second-order valence-corrected chi connectivity index (χ2v) is 5.44. The Morgan fingerprint density at radius 1 is 1.16 bits per heavy atom. The van der Waals surface area contributed by atoms with E-state index < -0.39 is 5.97 Å². The third-order valence-corrected chi connectivity index (χ3v) is 3.62. The average molecular weight is 337 g/mol. The van der Waals surface area contributed by atoms with Crippen LogP contribution in [-0.2, 0) is 20.9 Å². The molecule has 0 fully saturated rings. The number of aliphatic imine (C=N–C) groups is 1. The second-order valence-electron chi connectivity index (χ2n) is 5.44. The van der Waals surface area contributed by atoms with Crippen LogP contribution in [0.3, 0.4) is 0 Å². The molecule has 0 spiro atoms. The number of ether oxygens (including phenoxy) is 3. The zero-order chi connectivity index (χ0) is 17.6. The summed E-state index contributed by atoms with van der Waals surface area (Å²) in [5.41, 5.74) is 2.75. The number of nitrogens with zero attached hydrogens (tertiary/aromatic N) is 1. The molecule has 0 aliphatic carbocycles. The van der Waals surface area contributed by atoms with Crippen LogP contribution in [0.25, 0.3) is 6.08 Å². The van der Waals surface area contributed by atoms with Crippen molar-refractivity contribution in [2.75, 3.05) is 13.7 Å². The van der Waals surface area contributed by atoms with Gasteiger partial charge >= 0.3 is 5.97 Å². The molecule has 1 heterocycles. The molecule has 0 bridgehead atoms. The molecule has 2 aromatic rings. The molecular formula is C20H19NO4. The van der Waals surface area contributed by atoms with Crippen molar-refractivity contribution in [2.45, 2.75) is 13.5 Å². The summed E-state index contributed by atoms with van der Waals surface area (Å²) in [7, 11) is 1.64. The van der Waals surface area contributed by atoms with Gasteiger partial charge in [0, 0.05) is 18.2 Å². The molecule has 2 aromatic carbocycles. The van der Waals surface area contributed by atoms with Crippen molar-refractivity contribution in [3.63, 3.8) is 0 Å². The molecule has 0 aromatic heterocycles.